The number of rotatable bonds is 7. The summed E-state index contributed by atoms with van der Waals surface area (Å²) in [5.74, 6) is -0.736. The average Bonchev–Trinajstić information content (AvgIpc) is 2.37. The third-order valence-corrected chi connectivity index (χ3v) is 3.14. The van der Waals surface area contributed by atoms with E-state index < -0.39 is 5.97 Å². The van der Waals surface area contributed by atoms with Gasteiger partial charge in [0, 0.05) is 16.9 Å². The Bertz CT molecular complexity index is 484. The van der Waals surface area contributed by atoms with Crippen LogP contribution >= 0.6 is 11.6 Å². The Morgan fingerprint density at radius 2 is 1.90 bits per heavy atom. The Morgan fingerprint density at radius 3 is 2.50 bits per heavy atom. The van der Waals surface area contributed by atoms with Crippen molar-refractivity contribution in [2.75, 3.05) is 0 Å². The molecule has 108 valence electrons. The standard InChI is InChI=1S/C17H21ClO2/c1-17(2,12-5-3-4-6-16(19)20)13-11-14-7-9-15(18)10-8-14/h5,7-13H,3-4,6H2,1-2H3,(H,19,20)/b12-5-,13-11+. The molecule has 3 heteroatoms. The smallest absolute Gasteiger partial charge is 0.303 e. The summed E-state index contributed by atoms with van der Waals surface area (Å²) in [6, 6.07) is 7.70. The molecule has 0 spiro atoms. The first-order valence-corrected chi connectivity index (χ1v) is 7.11. The van der Waals surface area contributed by atoms with Gasteiger partial charge in [0.1, 0.15) is 0 Å². The predicted molar refractivity (Wildman–Crippen MR) is 84.9 cm³/mol. The summed E-state index contributed by atoms with van der Waals surface area (Å²) in [5.41, 5.74) is 1.06. The molecule has 1 N–H and O–H groups in total. The number of carboxylic acids is 1. The summed E-state index contributed by atoms with van der Waals surface area (Å²) in [4.78, 5) is 10.4. The molecule has 1 rings (SSSR count). The number of benzene rings is 1. The van der Waals surface area contributed by atoms with Crippen LogP contribution in [0.3, 0.4) is 0 Å². The van der Waals surface area contributed by atoms with E-state index in [2.05, 4.69) is 38.2 Å². The lowest BCUT2D eigenvalue weighted by molar-refractivity contribution is -0.137. The fourth-order valence-electron chi connectivity index (χ4n) is 1.70. The molecular formula is C17H21ClO2. The Morgan fingerprint density at radius 1 is 1.25 bits per heavy atom. The maximum absolute atomic E-state index is 10.4. The molecule has 0 amide bonds. The van der Waals surface area contributed by atoms with Crippen molar-refractivity contribution < 1.29 is 9.90 Å². The van der Waals surface area contributed by atoms with Gasteiger partial charge < -0.3 is 5.11 Å². The van der Waals surface area contributed by atoms with E-state index in [4.69, 9.17) is 16.7 Å². The zero-order chi connectivity index (χ0) is 15.0. The minimum atomic E-state index is -0.736. The number of halogens is 1. The fourth-order valence-corrected chi connectivity index (χ4v) is 1.82. The highest BCUT2D eigenvalue weighted by atomic mass is 35.5. The zero-order valence-electron chi connectivity index (χ0n) is 12.0. The molecule has 1 aromatic carbocycles. The first kappa shape index (κ1) is 16.5. The topological polar surface area (TPSA) is 37.3 Å². The largest absolute Gasteiger partial charge is 0.481 e. The number of carbonyl (C=O) groups is 1. The van der Waals surface area contributed by atoms with Crippen molar-refractivity contribution in [1.29, 1.82) is 0 Å². The minimum absolute atomic E-state index is 0.0527. The van der Waals surface area contributed by atoms with Crippen molar-refractivity contribution in [3.05, 3.63) is 53.1 Å². The lowest BCUT2D eigenvalue weighted by atomic mass is 9.91. The monoisotopic (exact) mass is 292 g/mol. The second kappa shape index (κ2) is 7.91. The van der Waals surface area contributed by atoms with Gasteiger partial charge in [-0.3, -0.25) is 4.79 Å². The number of hydrogen-bond donors (Lipinski definition) is 1. The zero-order valence-corrected chi connectivity index (χ0v) is 12.7. The van der Waals surface area contributed by atoms with Gasteiger partial charge in [-0.25, -0.2) is 0 Å². The summed E-state index contributed by atoms with van der Waals surface area (Å²) >= 11 is 5.85. The number of unbranched alkanes of at least 4 members (excludes halogenated alkanes) is 1. The summed E-state index contributed by atoms with van der Waals surface area (Å²) < 4.78 is 0. The van der Waals surface area contributed by atoms with Crippen molar-refractivity contribution in [1.82, 2.24) is 0 Å². The summed E-state index contributed by atoms with van der Waals surface area (Å²) in [6.07, 6.45) is 10.1. The predicted octanol–water partition coefficient (Wildman–Crippen LogP) is 5.19. The van der Waals surface area contributed by atoms with Gasteiger partial charge >= 0.3 is 5.97 Å². The van der Waals surface area contributed by atoms with Gasteiger partial charge in [0.2, 0.25) is 0 Å². The molecule has 0 aromatic heterocycles. The lowest BCUT2D eigenvalue weighted by Gasteiger charge is -2.14. The molecule has 0 aliphatic carbocycles. The van der Waals surface area contributed by atoms with E-state index in [1.165, 1.54) is 0 Å². The summed E-state index contributed by atoms with van der Waals surface area (Å²) in [5, 5.41) is 9.29. The number of aliphatic carboxylic acids is 1. The Kier molecular flexibility index (Phi) is 6.53. The van der Waals surface area contributed by atoms with E-state index in [-0.39, 0.29) is 11.8 Å². The van der Waals surface area contributed by atoms with Crippen LogP contribution < -0.4 is 0 Å². The van der Waals surface area contributed by atoms with Crippen LogP contribution in [0.5, 0.6) is 0 Å². The van der Waals surface area contributed by atoms with E-state index in [1.54, 1.807) is 0 Å². The molecular weight excluding hydrogens is 272 g/mol. The van der Waals surface area contributed by atoms with Gasteiger partial charge in [0.25, 0.3) is 0 Å². The van der Waals surface area contributed by atoms with E-state index in [9.17, 15) is 4.79 Å². The van der Waals surface area contributed by atoms with Gasteiger partial charge in [0.05, 0.1) is 0 Å². The molecule has 2 nitrogen and oxygen atoms in total. The first-order valence-electron chi connectivity index (χ1n) is 6.73. The minimum Gasteiger partial charge on any atom is -0.481 e. The molecule has 0 unspecified atom stereocenters. The maximum atomic E-state index is 10.4. The normalized spacial score (nSPS) is 12.3. The van der Waals surface area contributed by atoms with E-state index >= 15 is 0 Å². The van der Waals surface area contributed by atoms with Gasteiger partial charge in [0.15, 0.2) is 0 Å². The second-order valence-electron chi connectivity index (χ2n) is 5.39. The van der Waals surface area contributed by atoms with Crippen molar-refractivity contribution in [2.24, 2.45) is 5.41 Å². The molecule has 0 saturated heterocycles. The highest BCUT2D eigenvalue weighted by molar-refractivity contribution is 6.30. The van der Waals surface area contributed by atoms with Crippen LogP contribution in [-0.4, -0.2) is 11.1 Å². The van der Waals surface area contributed by atoms with Crippen LogP contribution in [0.15, 0.2) is 42.5 Å². The third-order valence-electron chi connectivity index (χ3n) is 2.88. The van der Waals surface area contributed by atoms with Gasteiger partial charge in [-0.1, -0.05) is 61.9 Å². The number of hydrogen-bond acceptors (Lipinski definition) is 1. The SMILES string of the molecule is CC(C)(/C=C\CCCC(=O)O)/C=C/c1ccc(Cl)cc1. The van der Waals surface area contributed by atoms with Crippen LogP contribution in [-0.2, 0) is 4.79 Å². The molecule has 0 saturated carbocycles. The Hall–Kier alpha value is -1.54. The quantitative estimate of drug-likeness (QED) is 0.554. The average molecular weight is 293 g/mol. The van der Waals surface area contributed by atoms with Crippen LogP contribution in [0.4, 0.5) is 0 Å². The number of allylic oxidation sites excluding steroid dienone is 3. The van der Waals surface area contributed by atoms with Gasteiger partial charge in [-0.15, -0.1) is 0 Å². The molecule has 1 aromatic rings. The van der Waals surface area contributed by atoms with Crippen LogP contribution in [0.2, 0.25) is 5.02 Å². The van der Waals surface area contributed by atoms with Crippen molar-refractivity contribution >= 4 is 23.6 Å². The molecule has 0 fully saturated rings. The molecule has 0 atom stereocenters. The lowest BCUT2D eigenvalue weighted by Crippen LogP contribution is -2.01. The van der Waals surface area contributed by atoms with E-state index in [0.717, 1.165) is 17.0 Å². The highest BCUT2D eigenvalue weighted by Gasteiger charge is 2.08. The molecule has 0 heterocycles. The second-order valence-corrected chi connectivity index (χ2v) is 5.83. The highest BCUT2D eigenvalue weighted by Crippen LogP contribution is 2.22. The van der Waals surface area contributed by atoms with Crippen LogP contribution in [0.1, 0.15) is 38.7 Å². The molecule has 20 heavy (non-hydrogen) atoms. The fraction of sp³-hybridized carbons (Fsp3) is 0.353. The maximum Gasteiger partial charge on any atom is 0.303 e. The summed E-state index contributed by atoms with van der Waals surface area (Å²) in [7, 11) is 0. The molecule has 0 radical (unpaired) electrons. The van der Waals surface area contributed by atoms with E-state index in [0.29, 0.717) is 6.42 Å². The van der Waals surface area contributed by atoms with Crippen molar-refractivity contribution in [2.45, 2.75) is 33.1 Å². The molecule has 0 bridgehead atoms. The summed E-state index contributed by atoms with van der Waals surface area (Å²) in [6.45, 7) is 4.24. The molecule has 0 aliphatic heterocycles. The first-order chi connectivity index (χ1) is 9.39. The third kappa shape index (κ3) is 7.15. The number of carboxylic acid groups (broad SMARTS) is 1. The van der Waals surface area contributed by atoms with Gasteiger partial charge in [-0.05, 0) is 30.5 Å². The van der Waals surface area contributed by atoms with E-state index in [1.807, 2.05) is 24.3 Å². The Balaban J connectivity index is 2.49. The van der Waals surface area contributed by atoms with Gasteiger partial charge in [-0.2, -0.15) is 0 Å². The van der Waals surface area contributed by atoms with Crippen LogP contribution in [0.25, 0.3) is 6.08 Å². The van der Waals surface area contributed by atoms with Crippen LogP contribution in [0, 0.1) is 5.41 Å². The Labute approximate surface area is 125 Å². The molecule has 0 aliphatic rings. The van der Waals surface area contributed by atoms with Crippen molar-refractivity contribution in [3.63, 3.8) is 0 Å². The van der Waals surface area contributed by atoms with Crippen molar-refractivity contribution in [3.8, 4) is 0 Å².